The monoisotopic (exact) mass is 527 g/mol. The van der Waals surface area contributed by atoms with Gasteiger partial charge in [0, 0.05) is 32.5 Å². The van der Waals surface area contributed by atoms with E-state index in [1.54, 1.807) is 0 Å². The van der Waals surface area contributed by atoms with E-state index in [0.29, 0.717) is 5.78 Å². The number of β-amino-alcohol motifs (C(OH)–C–C–N with tert-alkyl or cyclic N) is 1. The third-order valence-corrected chi connectivity index (χ3v) is 7.32. The van der Waals surface area contributed by atoms with Gasteiger partial charge in [-0.2, -0.15) is 0 Å². The van der Waals surface area contributed by atoms with Crippen molar-refractivity contribution >= 4 is 5.78 Å². The van der Waals surface area contributed by atoms with Gasteiger partial charge in [0.15, 0.2) is 0 Å². The number of carbonyl (C=O) groups is 1. The first-order chi connectivity index (χ1) is 18.2. The van der Waals surface area contributed by atoms with Gasteiger partial charge in [-0.25, -0.2) is 0 Å². The molecule has 6 fully saturated rings. The second-order valence-corrected chi connectivity index (χ2v) is 11.0. The summed E-state index contributed by atoms with van der Waals surface area (Å²) in [6.07, 6.45) is 23.8. The zero-order valence-corrected chi connectivity index (χ0v) is 24.0. The van der Waals surface area contributed by atoms with Crippen LogP contribution < -0.4 is 16.0 Å². The predicted molar refractivity (Wildman–Crippen MR) is 154 cm³/mol. The summed E-state index contributed by atoms with van der Waals surface area (Å²) in [5.41, 5.74) is 0. The Labute approximate surface area is 228 Å². The smallest absolute Gasteiger partial charge is 0.132 e. The van der Waals surface area contributed by atoms with Crippen molar-refractivity contribution in [2.75, 3.05) is 52.5 Å². The summed E-state index contributed by atoms with van der Waals surface area (Å²) < 4.78 is 5.01. The van der Waals surface area contributed by atoms with Crippen LogP contribution in [-0.4, -0.2) is 80.7 Å². The Balaban J connectivity index is 0.000000223. The Morgan fingerprint density at radius 2 is 1.00 bits per heavy atom. The minimum Gasteiger partial charge on any atom is -0.393 e. The fourth-order valence-electron chi connectivity index (χ4n) is 4.87. The third kappa shape index (κ3) is 25.5. The minimum absolute atomic E-state index is 0.0359. The number of aliphatic hydroxyl groups excluding tert-OH is 2. The fraction of sp³-hybridized carbons (Fsp3) is 0.967. The highest BCUT2D eigenvalue weighted by molar-refractivity contribution is 5.78. The molecule has 3 aliphatic carbocycles. The van der Waals surface area contributed by atoms with Crippen LogP contribution in [0, 0.1) is 0 Å². The lowest BCUT2D eigenvalue weighted by molar-refractivity contribution is -0.120. The summed E-state index contributed by atoms with van der Waals surface area (Å²) in [5, 5.41) is 27.0. The maximum atomic E-state index is 10.5. The molecule has 220 valence electrons. The van der Waals surface area contributed by atoms with Crippen LogP contribution in [0.25, 0.3) is 0 Å². The highest BCUT2D eigenvalue weighted by Crippen LogP contribution is 2.16. The molecule has 1 atom stereocenters. The number of carbonyl (C=O) groups excluding carboxylic acids is 1. The highest BCUT2D eigenvalue weighted by Gasteiger charge is 2.08. The van der Waals surface area contributed by atoms with Gasteiger partial charge in [0.2, 0.25) is 0 Å². The van der Waals surface area contributed by atoms with Crippen LogP contribution in [-0.2, 0) is 9.53 Å². The van der Waals surface area contributed by atoms with E-state index in [-0.39, 0.29) is 12.2 Å². The average Bonchev–Trinajstić information content (AvgIpc) is 3.71. The number of nitrogens with one attached hydrogen (secondary N) is 3. The molecule has 0 radical (unpaired) electrons. The molecule has 7 nitrogen and oxygen atoms in total. The molecule has 0 bridgehead atoms. The zero-order chi connectivity index (χ0) is 26.7. The second kappa shape index (κ2) is 27.0. The van der Waals surface area contributed by atoms with Crippen molar-refractivity contribution in [3.05, 3.63) is 0 Å². The van der Waals surface area contributed by atoms with Crippen molar-refractivity contribution < 1.29 is 19.7 Å². The van der Waals surface area contributed by atoms with Crippen molar-refractivity contribution in [3.8, 4) is 0 Å². The molecule has 3 heterocycles. The lowest BCUT2D eigenvalue weighted by Crippen LogP contribution is -2.30. The van der Waals surface area contributed by atoms with Crippen molar-refractivity contribution in [2.24, 2.45) is 0 Å². The maximum absolute atomic E-state index is 10.5. The van der Waals surface area contributed by atoms with E-state index < -0.39 is 0 Å². The van der Waals surface area contributed by atoms with Crippen LogP contribution in [0.15, 0.2) is 0 Å². The number of rotatable bonds is 0. The SMILES string of the molecule is C1CCCCC1.C1CCNC1.C1COCCN1.O=C1CCCCC1.OC1CCCCC1.OC1CCNC1. The van der Waals surface area contributed by atoms with Crippen LogP contribution in [0.4, 0.5) is 0 Å². The molecule has 37 heavy (non-hydrogen) atoms. The zero-order valence-electron chi connectivity index (χ0n) is 24.0. The number of hydrogen-bond acceptors (Lipinski definition) is 7. The second-order valence-electron chi connectivity index (χ2n) is 11.0. The summed E-state index contributed by atoms with van der Waals surface area (Å²) >= 11 is 0. The summed E-state index contributed by atoms with van der Waals surface area (Å²) in [5.74, 6) is 0.464. The maximum Gasteiger partial charge on any atom is 0.132 e. The van der Waals surface area contributed by atoms with E-state index >= 15 is 0 Å². The van der Waals surface area contributed by atoms with Crippen LogP contribution >= 0.6 is 0 Å². The van der Waals surface area contributed by atoms with Gasteiger partial charge in [-0.05, 0) is 64.6 Å². The summed E-state index contributed by atoms with van der Waals surface area (Å²) in [6, 6.07) is 0. The lowest BCUT2D eigenvalue weighted by Gasteiger charge is -2.14. The molecule has 3 saturated carbocycles. The van der Waals surface area contributed by atoms with Gasteiger partial charge >= 0.3 is 0 Å². The Morgan fingerprint density at radius 3 is 1.22 bits per heavy atom. The molecular weight excluding hydrogens is 466 g/mol. The first-order valence-electron chi connectivity index (χ1n) is 15.8. The van der Waals surface area contributed by atoms with Gasteiger partial charge in [-0.3, -0.25) is 4.79 Å². The van der Waals surface area contributed by atoms with Crippen LogP contribution in [0.2, 0.25) is 0 Å². The summed E-state index contributed by atoms with van der Waals surface area (Å²) in [6.45, 7) is 8.11. The molecular formula is C30H61N3O4. The predicted octanol–water partition coefficient (Wildman–Crippen LogP) is 4.49. The van der Waals surface area contributed by atoms with Gasteiger partial charge in [0.05, 0.1) is 25.4 Å². The number of aliphatic hydroxyl groups is 2. The normalized spacial score (nSPS) is 25.7. The number of morpholine rings is 1. The Kier molecular flexibility index (Phi) is 25.2. The van der Waals surface area contributed by atoms with Crippen molar-refractivity contribution in [1.82, 2.24) is 16.0 Å². The molecule has 5 N–H and O–H groups in total. The molecule has 1 unspecified atom stereocenters. The molecule has 6 aliphatic rings. The van der Waals surface area contributed by atoms with Crippen molar-refractivity contribution in [2.45, 2.75) is 134 Å². The van der Waals surface area contributed by atoms with E-state index in [9.17, 15) is 4.79 Å². The van der Waals surface area contributed by atoms with Gasteiger partial charge in [0.25, 0.3) is 0 Å². The molecule has 0 aromatic heterocycles. The minimum atomic E-state index is -0.0648. The molecule has 0 aromatic carbocycles. The Morgan fingerprint density at radius 1 is 0.514 bits per heavy atom. The van der Waals surface area contributed by atoms with Gasteiger partial charge in [-0.1, -0.05) is 64.2 Å². The van der Waals surface area contributed by atoms with E-state index in [1.807, 2.05) is 0 Å². The molecule has 3 saturated heterocycles. The lowest BCUT2D eigenvalue weighted by atomic mass is 9.98. The van der Waals surface area contributed by atoms with E-state index in [1.165, 1.54) is 90.1 Å². The van der Waals surface area contributed by atoms with Crippen LogP contribution in [0.5, 0.6) is 0 Å². The fourth-order valence-corrected chi connectivity index (χ4v) is 4.87. The summed E-state index contributed by atoms with van der Waals surface area (Å²) in [4.78, 5) is 10.5. The molecule has 3 aliphatic heterocycles. The average molecular weight is 528 g/mol. The highest BCUT2D eigenvalue weighted by atomic mass is 16.5. The molecule has 0 amide bonds. The standard InChI is InChI=1S/C6H12O.C6H10O.C6H12.2C4H9NO.C4H9N/c2*7-6-4-2-1-3-5-6;1-2-4-6-5-3-1;1-3-6-4-2-5-1;6-4-1-2-5-3-4;1-2-4-5-3-1/h6-7H,1-5H2;1-5H2;1-6H2;5H,1-4H2;4-6H,1-3H2;5H,1-4H2. The molecule has 0 aromatic rings. The number of hydrogen-bond donors (Lipinski definition) is 5. The van der Waals surface area contributed by atoms with Crippen LogP contribution in [0.3, 0.4) is 0 Å². The van der Waals surface area contributed by atoms with Crippen molar-refractivity contribution in [1.29, 1.82) is 0 Å². The van der Waals surface area contributed by atoms with E-state index in [0.717, 1.165) is 84.3 Å². The number of Topliss-reactive ketones (excluding diaryl/α,β-unsaturated/α-hetero) is 1. The van der Waals surface area contributed by atoms with E-state index in [4.69, 9.17) is 14.9 Å². The molecule has 6 rings (SSSR count). The first-order valence-corrected chi connectivity index (χ1v) is 15.8. The number of ketones is 1. The number of ether oxygens (including phenoxy) is 1. The van der Waals surface area contributed by atoms with E-state index in [2.05, 4.69) is 16.0 Å². The molecule has 7 heteroatoms. The summed E-state index contributed by atoms with van der Waals surface area (Å²) in [7, 11) is 0. The van der Waals surface area contributed by atoms with Gasteiger partial charge < -0.3 is 30.9 Å². The van der Waals surface area contributed by atoms with Gasteiger partial charge in [-0.15, -0.1) is 0 Å². The quantitative estimate of drug-likeness (QED) is 0.316. The molecule has 0 spiro atoms. The third-order valence-electron chi connectivity index (χ3n) is 7.32. The Hall–Kier alpha value is -0.570. The van der Waals surface area contributed by atoms with Crippen molar-refractivity contribution in [3.63, 3.8) is 0 Å². The Bertz CT molecular complexity index is 421. The van der Waals surface area contributed by atoms with Gasteiger partial charge in [0.1, 0.15) is 5.78 Å². The van der Waals surface area contributed by atoms with Crippen LogP contribution in [0.1, 0.15) is 122 Å². The first kappa shape index (κ1) is 34.5. The largest absolute Gasteiger partial charge is 0.393 e. The topological polar surface area (TPSA) is 103 Å².